The van der Waals surface area contributed by atoms with E-state index in [-0.39, 0.29) is 24.6 Å². The third kappa shape index (κ3) is 4.35. The van der Waals surface area contributed by atoms with Gasteiger partial charge in [-0.25, -0.2) is 8.78 Å². The fraction of sp³-hybridized carbons (Fsp3) is 0.211. The van der Waals surface area contributed by atoms with Gasteiger partial charge in [-0.15, -0.1) is 0 Å². The second-order valence-corrected chi connectivity index (χ2v) is 5.76. The first kappa shape index (κ1) is 17.0. The number of halogens is 2. The van der Waals surface area contributed by atoms with Gasteiger partial charge in [0.1, 0.15) is 11.6 Å². The number of para-hydroxylation sites is 1. The van der Waals surface area contributed by atoms with Gasteiger partial charge in [-0.05, 0) is 30.2 Å². The molecule has 1 amide bonds. The average Bonchev–Trinajstić information content (AvgIpc) is 3.00. The van der Waals surface area contributed by atoms with Crippen molar-refractivity contribution in [2.75, 3.05) is 18.4 Å². The zero-order valence-electron chi connectivity index (χ0n) is 13.6. The van der Waals surface area contributed by atoms with Gasteiger partial charge in [0.2, 0.25) is 5.91 Å². The molecule has 3 aromatic rings. The number of aromatic nitrogens is 1. The van der Waals surface area contributed by atoms with Crippen molar-refractivity contribution in [1.29, 1.82) is 0 Å². The van der Waals surface area contributed by atoms with E-state index in [2.05, 4.69) is 15.6 Å². The van der Waals surface area contributed by atoms with Crippen LogP contribution in [0.5, 0.6) is 0 Å². The van der Waals surface area contributed by atoms with Crippen LogP contribution < -0.4 is 10.6 Å². The number of carbonyl (C=O) groups excluding carboxylic acids is 1. The number of aromatic amines is 1. The Morgan fingerprint density at radius 2 is 1.92 bits per heavy atom. The number of benzene rings is 2. The van der Waals surface area contributed by atoms with Crippen molar-refractivity contribution in [3.05, 3.63) is 65.9 Å². The molecule has 0 unspecified atom stereocenters. The quantitative estimate of drug-likeness (QED) is 0.614. The highest BCUT2D eigenvalue weighted by molar-refractivity contribution is 5.83. The van der Waals surface area contributed by atoms with Crippen molar-refractivity contribution in [2.45, 2.75) is 12.8 Å². The van der Waals surface area contributed by atoms with Crippen LogP contribution in [0.4, 0.5) is 14.5 Å². The topological polar surface area (TPSA) is 56.9 Å². The molecule has 0 saturated heterocycles. The van der Waals surface area contributed by atoms with Crippen LogP contribution in [0.1, 0.15) is 12.0 Å². The number of fused-ring (bicyclic) bond motifs is 1. The van der Waals surface area contributed by atoms with E-state index < -0.39 is 11.6 Å². The molecular formula is C19H19F2N3O. The van der Waals surface area contributed by atoms with E-state index in [4.69, 9.17) is 0 Å². The second kappa shape index (κ2) is 7.79. The Labute approximate surface area is 144 Å². The number of hydrogen-bond acceptors (Lipinski definition) is 2. The molecule has 1 aromatic heterocycles. The molecule has 6 heteroatoms. The summed E-state index contributed by atoms with van der Waals surface area (Å²) in [7, 11) is 0. The predicted molar refractivity (Wildman–Crippen MR) is 94.5 cm³/mol. The molecule has 0 atom stereocenters. The second-order valence-electron chi connectivity index (χ2n) is 5.76. The van der Waals surface area contributed by atoms with Crippen LogP contribution in [0.3, 0.4) is 0 Å². The molecule has 130 valence electrons. The minimum absolute atomic E-state index is 0.116. The van der Waals surface area contributed by atoms with Crippen LogP contribution in [0, 0.1) is 11.6 Å². The maximum atomic E-state index is 13.5. The number of anilines is 1. The van der Waals surface area contributed by atoms with E-state index in [0.29, 0.717) is 6.54 Å². The molecule has 0 aliphatic heterocycles. The summed E-state index contributed by atoms with van der Waals surface area (Å²) in [5.41, 5.74) is 2.42. The summed E-state index contributed by atoms with van der Waals surface area (Å²) >= 11 is 0. The van der Waals surface area contributed by atoms with Gasteiger partial charge in [0.15, 0.2) is 0 Å². The van der Waals surface area contributed by atoms with Crippen LogP contribution in [0.2, 0.25) is 0 Å². The molecule has 0 fully saturated rings. The largest absolute Gasteiger partial charge is 0.382 e. The Hall–Kier alpha value is -2.89. The number of nitrogens with one attached hydrogen (secondary N) is 3. The van der Waals surface area contributed by atoms with E-state index in [1.165, 1.54) is 12.1 Å². The summed E-state index contributed by atoms with van der Waals surface area (Å²) in [5.74, 6) is -1.41. The lowest BCUT2D eigenvalue weighted by Gasteiger charge is -2.08. The molecule has 25 heavy (non-hydrogen) atoms. The van der Waals surface area contributed by atoms with Crippen molar-refractivity contribution in [3.8, 4) is 0 Å². The number of carbonyl (C=O) groups is 1. The van der Waals surface area contributed by atoms with E-state index in [1.54, 1.807) is 0 Å². The van der Waals surface area contributed by atoms with E-state index >= 15 is 0 Å². The van der Waals surface area contributed by atoms with Gasteiger partial charge in [-0.1, -0.05) is 18.2 Å². The predicted octanol–water partition coefficient (Wildman–Crippen LogP) is 3.61. The Kier molecular flexibility index (Phi) is 5.28. The number of amides is 1. The third-order valence-electron chi connectivity index (χ3n) is 3.99. The van der Waals surface area contributed by atoms with Gasteiger partial charge in [0.25, 0.3) is 0 Å². The monoisotopic (exact) mass is 343 g/mol. The van der Waals surface area contributed by atoms with Crippen LogP contribution >= 0.6 is 0 Å². The van der Waals surface area contributed by atoms with Gasteiger partial charge in [0.05, 0.1) is 5.69 Å². The summed E-state index contributed by atoms with van der Waals surface area (Å²) < 4.78 is 26.3. The first-order valence-electron chi connectivity index (χ1n) is 8.14. The molecule has 4 nitrogen and oxygen atoms in total. The molecule has 0 spiro atoms. The van der Waals surface area contributed by atoms with Gasteiger partial charge >= 0.3 is 0 Å². The van der Waals surface area contributed by atoms with Crippen molar-refractivity contribution in [1.82, 2.24) is 10.3 Å². The summed E-state index contributed by atoms with van der Waals surface area (Å²) in [4.78, 5) is 15.1. The van der Waals surface area contributed by atoms with E-state index in [0.717, 1.165) is 29.0 Å². The normalized spacial score (nSPS) is 10.8. The Morgan fingerprint density at radius 1 is 1.08 bits per heavy atom. The fourth-order valence-corrected chi connectivity index (χ4v) is 2.71. The molecule has 0 bridgehead atoms. The molecule has 3 N–H and O–H groups in total. The number of rotatable bonds is 7. The fourth-order valence-electron chi connectivity index (χ4n) is 2.71. The lowest BCUT2D eigenvalue weighted by atomic mass is 10.1. The Bertz CT molecular complexity index is 876. The van der Waals surface area contributed by atoms with Gasteiger partial charge in [-0.3, -0.25) is 4.79 Å². The summed E-state index contributed by atoms with van der Waals surface area (Å²) in [6.07, 6.45) is 2.90. The Morgan fingerprint density at radius 3 is 2.76 bits per heavy atom. The van der Waals surface area contributed by atoms with E-state index in [9.17, 15) is 13.6 Å². The molecule has 3 rings (SSSR count). The SMILES string of the molecule is O=C(CCNc1ccc(F)cc1F)NCCc1c[nH]c2ccccc12. The molecule has 1 heterocycles. The average molecular weight is 343 g/mol. The molecule has 0 radical (unpaired) electrons. The van der Waals surface area contributed by atoms with Crippen molar-refractivity contribution < 1.29 is 13.6 Å². The van der Waals surface area contributed by atoms with Crippen molar-refractivity contribution in [3.63, 3.8) is 0 Å². The smallest absolute Gasteiger partial charge is 0.221 e. The first-order valence-corrected chi connectivity index (χ1v) is 8.14. The Balaban J connectivity index is 1.41. The van der Waals surface area contributed by atoms with Crippen molar-refractivity contribution >= 4 is 22.5 Å². The van der Waals surface area contributed by atoms with Gasteiger partial charge in [0, 0.05) is 42.7 Å². The zero-order valence-corrected chi connectivity index (χ0v) is 13.6. The molecule has 0 saturated carbocycles. The highest BCUT2D eigenvalue weighted by Crippen LogP contribution is 2.17. The molecule has 0 aliphatic carbocycles. The number of hydrogen-bond donors (Lipinski definition) is 3. The lowest BCUT2D eigenvalue weighted by molar-refractivity contribution is -0.120. The third-order valence-corrected chi connectivity index (χ3v) is 3.99. The van der Waals surface area contributed by atoms with Crippen LogP contribution in [-0.4, -0.2) is 24.0 Å². The van der Waals surface area contributed by atoms with Crippen LogP contribution in [0.15, 0.2) is 48.7 Å². The first-order chi connectivity index (χ1) is 12.1. The minimum Gasteiger partial charge on any atom is -0.382 e. The summed E-state index contributed by atoms with van der Waals surface area (Å²) in [6.45, 7) is 0.813. The maximum Gasteiger partial charge on any atom is 0.221 e. The van der Waals surface area contributed by atoms with Gasteiger partial charge < -0.3 is 15.6 Å². The zero-order chi connectivity index (χ0) is 17.6. The molecule has 2 aromatic carbocycles. The van der Waals surface area contributed by atoms with Crippen LogP contribution in [0.25, 0.3) is 10.9 Å². The minimum atomic E-state index is -0.667. The van der Waals surface area contributed by atoms with Crippen LogP contribution in [-0.2, 0) is 11.2 Å². The van der Waals surface area contributed by atoms with Gasteiger partial charge in [-0.2, -0.15) is 0 Å². The summed E-state index contributed by atoms with van der Waals surface area (Å²) in [6, 6.07) is 11.3. The summed E-state index contributed by atoms with van der Waals surface area (Å²) in [5, 5.41) is 6.80. The maximum absolute atomic E-state index is 13.5. The molecule has 0 aliphatic rings. The standard InChI is InChI=1S/C19H19F2N3O/c20-14-5-6-18(16(21)11-14)22-10-8-19(25)23-9-7-13-12-24-17-4-2-1-3-15(13)17/h1-6,11-12,22,24H,7-10H2,(H,23,25). The number of H-pyrrole nitrogens is 1. The highest BCUT2D eigenvalue weighted by Gasteiger charge is 2.06. The lowest BCUT2D eigenvalue weighted by Crippen LogP contribution is -2.27. The molecular weight excluding hydrogens is 324 g/mol. The van der Waals surface area contributed by atoms with E-state index in [1.807, 2.05) is 30.5 Å². The van der Waals surface area contributed by atoms with Crippen molar-refractivity contribution in [2.24, 2.45) is 0 Å². The highest BCUT2D eigenvalue weighted by atomic mass is 19.1.